The van der Waals surface area contributed by atoms with Crippen molar-refractivity contribution < 1.29 is 18.4 Å². The highest BCUT2D eigenvalue weighted by Gasteiger charge is 2.19. The second-order valence-corrected chi connectivity index (χ2v) is 10.7. The monoisotopic (exact) mass is 599 g/mol. The number of esters is 1. The van der Waals surface area contributed by atoms with Gasteiger partial charge in [0, 0.05) is 34.4 Å². The predicted octanol–water partition coefficient (Wildman–Crippen LogP) is 10.7. The van der Waals surface area contributed by atoms with E-state index in [2.05, 4.69) is 66.2 Å². The van der Waals surface area contributed by atoms with Crippen molar-refractivity contribution in [2.24, 2.45) is 0 Å². The number of nitrogens with zero attached hydrogens (tertiary/aromatic N) is 1. The lowest BCUT2D eigenvalue weighted by Crippen LogP contribution is -2.10. The van der Waals surface area contributed by atoms with Crippen molar-refractivity contribution in [2.45, 2.75) is 0 Å². The fourth-order valence-corrected chi connectivity index (χ4v) is 5.24. The van der Waals surface area contributed by atoms with E-state index in [-0.39, 0.29) is 0 Å². The van der Waals surface area contributed by atoms with Crippen molar-refractivity contribution >= 4 is 57.0 Å². The maximum Gasteiger partial charge on any atom is 0.335 e. The topological polar surface area (TPSA) is 55.8 Å². The number of fused-ring (bicyclic) bond motifs is 2. The second kappa shape index (κ2) is 12.7. The molecule has 7 rings (SSSR count). The number of ether oxygens (including phenoxy) is 1. The first-order chi connectivity index (χ1) is 22.6. The Bertz CT molecular complexity index is 2060. The van der Waals surface area contributed by atoms with Gasteiger partial charge in [0.1, 0.15) is 28.4 Å². The third-order valence-corrected chi connectivity index (χ3v) is 7.58. The van der Waals surface area contributed by atoms with Crippen LogP contribution in [0.2, 0.25) is 0 Å². The number of rotatable bonds is 9. The maximum atomic E-state index is 11.4. The highest BCUT2D eigenvalue weighted by atomic mass is 16.5. The molecule has 0 unspecified atom stereocenters. The van der Waals surface area contributed by atoms with Crippen LogP contribution in [0.15, 0.2) is 167 Å². The van der Waals surface area contributed by atoms with Gasteiger partial charge in [-0.15, -0.1) is 0 Å². The number of anilines is 2. The average molecular weight is 600 g/mol. The van der Waals surface area contributed by atoms with Gasteiger partial charge < -0.3 is 18.5 Å². The fraction of sp³-hybridized carbons (Fsp3) is 0. The van der Waals surface area contributed by atoms with Crippen molar-refractivity contribution in [3.8, 4) is 5.75 Å². The number of carbonyl (C=O) groups is 1. The minimum atomic E-state index is -0.481. The van der Waals surface area contributed by atoms with Gasteiger partial charge in [-0.1, -0.05) is 97.6 Å². The zero-order valence-corrected chi connectivity index (χ0v) is 24.9. The van der Waals surface area contributed by atoms with E-state index in [0.717, 1.165) is 56.1 Å². The third-order valence-electron chi connectivity index (χ3n) is 7.58. The molecule has 0 saturated carbocycles. The summed E-state index contributed by atoms with van der Waals surface area (Å²) in [6, 6.07) is 46.0. The van der Waals surface area contributed by atoms with Gasteiger partial charge in [-0.3, -0.25) is 0 Å². The molecular formula is C41H29NO4. The normalized spacial score (nSPS) is 11.1. The van der Waals surface area contributed by atoms with E-state index in [1.165, 1.54) is 0 Å². The van der Waals surface area contributed by atoms with Crippen LogP contribution < -0.4 is 9.64 Å². The minimum Gasteiger partial charge on any atom is -0.456 e. The second-order valence-electron chi connectivity index (χ2n) is 10.7. The van der Waals surface area contributed by atoms with Crippen LogP contribution >= 0.6 is 0 Å². The van der Waals surface area contributed by atoms with Crippen LogP contribution in [-0.4, -0.2) is 5.97 Å². The molecule has 46 heavy (non-hydrogen) atoms. The van der Waals surface area contributed by atoms with Crippen LogP contribution in [0.1, 0.15) is 22.6 Å². The third kappa shape index (κ3) is 6.16. The summed E-state index contributed by atoms with van der Waals surface area (Å²) in [6.07, 6.45) is 7.29. The zero-order chi connectivity index (χ0) is 31.3. The Hall–Kier alpha value is -6.33. The number of furan rings is 2. The van der Waals surface area contributed by atoms with Crippen LogP contribution in [0.4, 0.5) is 11.4 Å². The number of hydrogen-bond donors (Lipinski definition) is 0. The van der Waals surface area contributed by atoms with E-state index in [1.807, 2.05) is 91.0 Å². The first-order valence-corrected chi connectivity index (χ1v) is 14.9. The molecule has 2 heterocycles. The van der Waals surface area contributed by atoms with E-state index >= 15 is 0 Å². The highest BCUT2D eigenvalue weighted by molar-refractivity contribution is 5.90. The van der Waals surface area contributed by atoms with Crippen LogP contribution in [0.5, 0.6) is 5.75 Å². The molecule has 0 saturated heterocycles. The Balaban J connectivity index is 1.25. The molecular weight excluding hydrogens is 570 g/mol. The van der Waals surface area contributed by atoms with Crippen molar-refractivity contribution in [3.63, 3.8) is 0 Å². The summed E-state index contributed by atoms with van der Waals surface area (Å²) < 4.78 is 17.9. The predicted molar refractivity (Wildman–Crippen MR) is 186 cm³/mol. The first kappa shape index (κ1) is 28.4. The van der Waals surface area contributed by atoms with E-state index in [4.69, 9.17) is 13.6 Å². The molecule has 0 amide bonds. The fourth-order valence-electron chi connectivity index (χ4n) is 5.24. The Morgan fingerprint density at radius 3 is 1.65 bits per heavy atom. The largest absolute Gasteiger partial charge is 0.456 e. The summed E-state index contributed by atoms with van der Waals surface area (Å²) in [5.41, 5.74) is 6.44. The molecule has 5 heteroatoms. The average Bonchev–Trinajstić information content (AvgIpc) is 3.74. The molecule has 2 aromatic heterocycles. The Labute approximate surface area is 266 Å². The summed E-state index contributed by atoms with van der Waals surface area (Å²) in [6.45, 7) is 3.43. The van der Waals surface area contributed by atoms with Gasteiger partial charge in [0.25, 0.3) is 0 Å². The molecule has 0 aliphatic carbocycles. The van der Waals surface area contributed by atoms with E-state index in [0.29, 0.717) is 17.3 Å². The molecule has 0 aliphatic heterocycles. The molecule has 0 spiro atoms. The van der Waals surface area contributed by atoms with Gasteiger partial charge in [-0.05, 0) is 71.8 Å². The quantitative estimate of drug-likeness (QED) is 0.0715. The van der Waals surface area contributed by atoms with E-state index in [9.17, 15) is 4.79 Å². The summed E-state index contributed by atoms with van der Waals surface area (Å²) in [5, 5.41) is 2.05. The zero-order valence-electron chi connectivity index (χ0n) is 24.9. The van der Waals surface area contributed by atoms with Gasteiger partial charge in [0.05, 0.1) is 5.57 Å². The Morgan fingerprint density at radius 2 is 1.11 bits per heavy atom. The highest BCUT2D eigenvalue weighted by Crippen LogP contribution is 2.36. The van der Waals surface area contributed by atoms with Crippen LogP contribution in [0, 0.1) is 0 Å². The van der Waals surface area contributed by atoms with Crippen LogP contribution in [0.25, 0.3) is 39.7 Å². The van der Waals surface area contributed by atoms with Gasteiger partial charge in [0.15, 0.2) is 0 Å². The van der Waals surface area contributed by atoms with Gasteiger partial charge in [-0.25, -0.2) is 4.79 Å². The SMILES string of the molecule is C=CC(=O)Oc1ccc(C=Cc2ccc(N(C=C(c3cc4ccccc4o3)c3cc4ccccc4o3)c3ccccc3)cc2)cc1. The van der Waals surface area contributed by atoms with Crippen LogP contribution in [-0.2, 0) is 4.79 Å². The Morgan fingerprint density at radius 1 is 0.609 bits per heavy atom. The van der Waals surface area contributed by atoms with Gasteiger partial charge >= 0.3 is 5.97 Å². The Kier molecular flexibility index (Phi) is 7.87. The van der Waals surface area contributed by atoms with Crippen molar-refractivity contribution in [3.05, 3.63) is 181 Å². The molecule has 0 bridgehead atoms. The number of para-hydroxylation sites is 3. The lowest BCUT2D eigenvalue weighted by Gasteiger charge is -2.22. The molecule has 0 aliphatic rings. The standard InChI is InChI=1S/C41H29NO4/c1-2-41(43)44-35-24-20-30(21-25-35)17-16-29-18-22-34(23-19-29)42(33-12-4-3-5-13-33)28-36(39-26-31-10-6-8-14-37(31)45-39)40-27-32-11-7-9-15-38(32)46-40/h2-28H,1H2. The minimum absolute atomic E-state index is 0.477. The van der Waals surface area contributed by atoms with E-state index < -0.39 is 5.97 Å². The lowest BCUT2D eigenvalue weighted by atomic mass is 10.1. The molecule has 222 valence electrons. The first-order valence-electron chi connectivity index (χ1n) is 14.9. The summed E-state index contributed by atoms with van der Waals surface area (Å²) in [7, 11) is 0. The van der Waals surface area contributed by atoms with Crippen molar-refractivity contribution in [2.75, 3.05) is 4.90 Å². The molecule has 5 nitrogen and oxygen atoms in total. The number of carbonyl (C=O) groups excluding carboxylic acids is 1. The molecule has 5 aromatic carbocycles. The van der Waals surface area contributed by atoms with Gasteiger partial charge in [0.2, 0.25) is 0 Å². The van der Waals surface area contributed by atoms with Crippen molar-refractivity contribution in [1.29, 1.82) is 0 Å². The van der Waals surface area contributed by atoms with Crippen LogP contribution in [0.3, 0.4) is 0 Å². The molecule has 0 radical (unpaired) electrons. The lowest BCUT2D eigenvalue weighted by molar-refractivity contribution is -0.128. The number of benzene rings is 5. The van der Waals surface area contributed by atoms with Gasteiger partial charge in [-0.2, -0.15) is 0 Å². The molecule has 0 fully saturated rings. The number of hydrogen-bond acceptors (Lipinski definition) is 5. The molecule has 0 atom stereocenters. The summed E-state index contributed by atoms with van der Waals surface area (Å²) in [5.74, 6) is 1.42. The summed E-state index contributed by atoms with van der Waals surface area (Å²) >= 11 is 0. The smallest absolute Gasteiger partial charge is 0.335 e. The van der Waals surface area contributed by atoms with E-state index in [1.54, 1.807) is 12.1 Å². The summed E-state index contributed by atoms with van der Waals surface area (Å²) in [4.78, 5) is 13.6. The van der Waals surface area contributed by atoms with Crippen molar-refractivity contribution in [1.82, 2.24) is 0 Å². The maximum absolute atomic E-state index is 11.4. The molecule has 7 aromatic rings. The molecule has 0 N–H and O–H groups in total.